The molecule has 1 unspecified atom stereocenters. The molecule has 0 saturated carbocycles. The van der Waals surface area contributed by atoms with Gasteiger partial charge in [0.1, 0.15) is 18.6 Å². The van der Waals surface area contributed by atoms with Crippen LogP contribution in [0.5, 0.6) is 0 Å². The van der Waals surface area contributed by atoms with Gasteiger partial charge in [0.15, 0.2) is 0 Å². The molecule has 3 nitrogen and oxygen atoms in total. The molecule has 2 aromatic carbocycles. The number of rotatable bonds is 3. The maximum Gasteiger partial charge on any atom is 0.266 e. The summed E-state index contributed by atoms with van der Waals surface area (Å²) < 4.78 is 10.6. The molecule has 1 aliphatic rings. The molecule has 19 heavy (non-hydrogen) atoms. The van der Waals surface area contributed by atoms with Crippen molar-refractivity contribution >= 4 is 0 Å². The topological polar surface area (TPSA) is 38.7 Å². The Hall–Kier alpha value is -2.26. The Morgan fingerprint density at radius 1 is 0.842 bits per heavy atom. The summed E-state index contributed by atoms with van der Waals surface area (Å²) in [4.78, 5) is 0. The highest BCUT2D eigenvalue weighted by Crippen LogP contribution is 2.28. The van der Waals surface area contributed by atoms with Crippen LogP contribution in [0.1, 0.15) is 29.1 Å². The molecule has 0 fully saturated rings. The van der Waals surface area contributed by atoms with E-state index in [0.717, 1.165) is 16.7 Å². The first kappa shape index (κ1) is 11.8. The van der Waals surface area contributed by atoms with Crippen molar-refractivity contribution in [2.24, 2.45) is 0 Å². The third-order valence-corrected chi connectivity index (χ3v) is 3.07. The Balaban J connectivity index is 1.87. The summed E-state index contributed by atoms with van der Waals surface area (Å²) in [5, 5.41) is 10.4. The third-order valence-electron chi connectivity index (χ3n) is 3.07. The summed E-state index contributed by atoms with van der Waals surface area (Å²) in [6.07, 6.45) is 1.98. The van der Waals surface area contributed by atoms with Gasteiger partial charge in [-0.1, -0.05) is 48.5 Å². The van der Waals surface area contributed by atoms with Crippen molar-refractivity contribution < 1.29 is 14.6 Å². The predicted octanol–water partition coefficient (Wildman–Crippen LogP) is 3.28. The molecular formula is C16H14O3. The van der Waals surface area contributed by atoms with Crippen LogP contribution in [-0.2, 0) is 9.47 Å². The van der Waals surface area contributed by atoms with Gasteiger partial charge in [-0.15, -0.1) is 0 Å². The van der Waals surface area contributed by atoms with Gasteiger partial charge in [0.2, 0.25) is 0 Å². The molecule has 0 aromatic heterocycles. The van der Waals surface area contributed by atoms with E-state index < -0.39 is 12.4 Å². The van der Waals surface area contributed by atoms with Crippen LogP contribution in [0.4, 0.5) is 0 Å². The molecule has 96 valence electrons. The highest BCUT2D eigenvalue weighted by molar-refractivity contribution is 5.33. The second kappa shape index (κ2) is 5.16. The fourth-order valence-electron chi connectivity index (χ4n) is 2.10. The average Bonchev–Trinajstić information content (AvgIpc) is 3.02. The van der Waals surface area contributed by atoms with Crippen molar-refractivity contribution in [3.8, 4) is 0 Å². The van der Waals surface area contributed by atoms with Crippen LogP contribution in [0.25, 0.3) is 0 Å². The Labute approximate surface area is 111 Å². The molecule has 0 radical (unpaired) electrons. The van der Waals surface area contributed by atoms with Crippen molar-refractivity contribution in [1.29, 1.82) is 0 Å². The zero-order valence-corrected chi connectivity index (χ0v) is 10.3. The summed E-state index contributed by atoms with van der Waals surface area (Å²) in [5.74, 6) is 0. The first-order chi connectivity index (χ1) is 9.34. The summed E-state index contributed by atoms with van der Waals surface area (Å²) in [6.45, 7) is 0. The molecule has 3 rings (SSSR count). The number of benzene rings is 2. The minimum Gasteiger partial charge on any atom is -0.455 e. The fourth-order valence-corrected chi connectivity index (χ4v) is 2.10. The second-order valence-electron chi connectivity index (χ2n) is 4.36. The maximum atomic E-state index is 10.4. The molecule has 0 saturated heterocycles. The van der Waals surface area contributed by atoms with Crippen LogP contribution in [-0.4, -0.2) is 5.11 Å². The second-order valence-corrected chi connectivity index (χ2v) is 4.36. The van der Waals surface area contributed by atoms with E-state index in [2.05, 4.69) is 0 Å². The van der Waals surface area contributed by atoms with E-state index in [1.54, 1.807) is 0 Å². The quantitative estimate of drug-likeness (QED) is 0.913. The number of hydrogen-bond donors (Lipinski definition) is 1. The van der Waals surface area contributed by atoms with Gasteiger partial charge in [0.25, 0.3) is 6.29 Å². The molecule has 1 heterocycles. The van der Waals surface area contributed by atoms with E-state index in [9.17, 15) is 5.11 Å². The van der Waals surface area contributed by atoms with Gasteiger partial charge < -0.3 is 14.6 Å². The van der Waals surface area contributed by atoms with Crippen LogP contribution in [0.3, 0.4) is 0 Å². The summed E-state index contributed by atoms with van der Waals surface area (Å²) >= 11 is 0. The first-order valence-electron chi connectivity index (χ1n) is 6.13. The van der Waals surface area contributed by atoms with E-state index in [1.165, 1.54) is 12.5 Å². The highest BCUT2D eigenvalue weighted by Gasteiger charge is 2.17. The smallest absolute Gasteiger partial charge is 0.266 e. The van der Waals surface area contributed by atoms with Gasteiger partial charge in [-0.25, -0.2) is 0 Å². The Bertz CT molecular complexity index is 570. The maximum absolute atomic E-state index is 10.4. The van der Waals surface area contributed by atoms with Crippen molar-refractivity contribution in [3.63, 3.8) is 0 Å². The Morgan fingerprint density at radius 2 is 1.53 bits per heavy atom. The van der Waals surface area contributed by atoms with Gasteiger partial charge in [0, 0.05) is 5.56 Å². The standard InChI is InChI=1S/C16H14O3/c17-15(12-5-2-1-3-6-12)13-7-4-8-14(11-13)16-18-9-10-19-16/h1-11,15-17H. The lowest BCUT2D eigenvalue weighted by Gasteiger charge is -2.15. The molecular weight excluding hydrogens is 240 g/mol. The fraction of sp³-hybridized carbons (Fsp3) is 0.125. The van der Waals surface area contributed by atoms with Crippen LogP contribution in [0, 0.1) is 0 Å². The minimum atomic E-state index is -0.643. The molecule has 0 bridgehead atoms. The Morgan fingerprint density at radius 3 is 2.26 bits per heavy atom. The normalized spacial score (nSPS) is 15.8. The molecule has 0 aliphatic carbocycles. The number of hydrogen-bond acceptors (Lipinski definition) is 3. The number of aliphatic hydroxyl groups excluding tert-OH is 1. The van der Waals surface area contributed by atoms with Gasteiger partial charge >= 0.3 is 0 Å². The summed E-state index contributed by atoms with van der Waals surface area (Å²) in [6, 6.07) is 17.2. The van der Waals surface area contributed by atoms with E-state index >= 15 is 0 Å². The van der Waals surface area contributed by atoms with Gasteiger partial charge in [0.05, 0.1) is 0 Å². The molecule has 1 N–H and O–H groups in total. The van der Waals surface area contributed by atoms with E-state index in [-0.39, 0.29) is 0 Å². The zero-order chi connectivity index (χ0) is 13.1. The molecule has 1 atom stereocenters. The van der Waals surface area contributed by atoms with Crippen LogP contribution in [0.15, 0.2) is 67.1 Å². The Kier molecular flexibility index (Phi) is 3.21. The van der Waals surface area contributed by atoms with Crippen molar-refractivity contribution in [2.75, 3.05) is 0 Å². The van der Waals surface area contributed by atoms with Crippen molar-refractivity contribution in [2.45, 2.75) is 12.4 Å². The lowest BCUT2D eigenvalue weighted by molar-refractivity contribution is -0.0247. The SMILES string of the molecule is OC(c1ccccc1)c1cccc(C2OC=CO2)c1. The molecule has 2 aromatic rings. The van der Waals surface area contributed by atoms with Crippen LogP contribution >= 0.6 is 0 Å². The minimum absolute atomic E-state index is 0.414. The van der Waals surface area contributed by atoms with Crippen molar-refractivity contribution in [3.05, 3.63) is 83.8 Å². The van der Waals surface area contributed by atoms with Crippen molar-refractivity contribution in [1.82, 2.24) is 0 Å². The summed E-state index contributed by atoms with van der Waals surface area (Å²) in [5.41, 5.74) is 2.58. The van der Waals surface area contributed by atoms with E-state index in [0.29, 0.717) is 0 Å². The first-order valence-corrected chi connectivity index (χ1v) is 6.13. The largest absolute Gasteiger partial charge is 0.455 e. The average molecular weight is 254 g/mol. The lowest BCUT2D eigenvalue weighted by Crippen LogP contribution is -2.03. The molecule has 1 aliphatic heterocycles. The van der Waals surface area contributed by atoms with E-state index in [4.69, 9.17) is 9.47 Å². The molecule has 3 heteroatoms. The number of aliphatic hydroxyl groups is 1. The monoisotopic (exact) mass is 254 g/mol. The van der Waals surface area contributed by atoms with E-state index in [1.807, 2.05) is 54.6 Å². The van der Waals surface area contributed by atoms with Crippen LogP contribution < -0.4 is 0 Å². The lowest BCUT2D eigenvalue weighted by atomic mass is 10.00. The molecule has 0 amide bonds. The zero-order valence-electron chi connectivity index (χ0n) is 10.3. The van der Waals surface area contributed by atoms with Gasteiger partial charge in [-0.2, -0.15) is 0 Å². The van der Waals surface area contributed by atoms with Gasteiger partial charge in [-0.3, -0.25) is 0 Å². The molecule has 0 spiro atoms. The third kappa shape index (κ3) is 2.46. The summed E-state index contributed by atoms with van der Waals surface area (Å²) in [7, 11) is 0. The predicted molar refractivity (Wildman–Crippen MR) is 71.0 cm³/mol. The van der Waals surface area contributed by atoms with Crippen LogP contribution in [0.2, 0.25) is 0 Å². The van der Waals surface area contributed by atoms with Gasteiger partial charge in [-0.05, 0) is 17.2 Å². The number of ether oxygens (including phenoxy) is 2. The highest BCUT2D eigenvalue weighted by atomic mass is 16.7.